The Hall–Kier alpha value is -1.56. The highest BCUT2D eigenvalue weighted by molar-refractivity contribution is 5.63. The van der Waals surface area contributed by atoms with E-state index in [2.05, 4.69) is 32.5 Å². The standard InChI is InChI=1S/C13H23N5O/c1-4-14-12-11(19-3)13(16-9-15-12)17-10-5-7-18(2)8-6-10/h9-10H,4-8H2,1-3H3,(H2,14,15,16,17). The van der Waals surface area contributed by atoms with Crippen LogP contribution >= 0.6 is 0 Å². The minimum Gasteiger partial charge on any atom is -0.490 e. The lowest BCUT2D eigenvalue weighted by Crippen LogP contribution is -2.37. The molecular formula is C13H23N5O. The van der Waals surface area contributed by atoms with Crippen molar-refractivity contribution in [3.8, 4) is 5.75 Å². The number of rotatable bonds is 5. The van der Waals surface area contributed by atoms with Gasteiger partial charge < -0.3 is 20.3 Å². The summed E-state index contributed by atoms with van der Waals surface area (Å²) >= 11 is 0. The molecule has 6 heteroatoms. The van der Waals surface area contributed by atoms with Crippen LogP contribution in [0.2, 0.25) is 0 Å². The summed E-state index contributed by atoms with van der Waals surface area (Å²) in [4.78, 5) is 10.9. The lowest BCUT2D eigenvalue weighted by atomic mass is 10.1. The molecule has 1 aromatic heterocycles. The third-order valence-corrected chi connectivity index (χ3v) is 3.41. The summed E-state index contributed by atoms with van der Waals surface area (Å²) in [7, 11) is 3.81. The van der Waals surface area contributed by atoms with Gasteiger partial charge in [0, 0.05) is 12.6 Å². The van der Waals surface area contributed by atoms with E-state index in [1.807, 2.05) is 6.92 Å². The van der Waals surface area contributed by atoms with Crippen molar-refractivity contribution >= 4 is 11.6 Å². The molecule has 1 aliphatic heterocycles. The summed E-state index contributed by atoms with van der Waals surface area (Å²) in [6, 6.07) is 0.453. The maximum Gasteiger partial charge on any atom is 0.204 e. The first-order chi connectivity index (χ1) is 9.24. The van der Waals surface area contributed by atoms with Gasteiger partial charge >= 0.3 is 0 Å². The van der Waals surface area contributed by atoms with Crippen molar-refractivity contribution in [1.29, 1.82) is 0 Å². The molecule has 6 nitrogen and oxygen atoms in total. The first-order valence-corrected chi connectivity index (χ1v) is 6.82. The van der Waals surface area contributed by atoms with E-state index >= 15 is 0 Å². The van der Waals surface area contributed by atoms with Crippen LogP contribution < -0.4 is 15.4 Å². The molecule has 0 aromatic carbocycles. The first kappa shape index (κ1) is 13.9. The van der Waals surface area contributed by atoms with Crippen LogP contribution in [-0.4, -0.2) is 54.7 Å². The summed E-state index contributed by atoms with van der Waals surface area (Å²) in [5, 5.41) is 6.66. The van der Waals surface area contributed by atoms with E-state index in [1.165, 1.54) is 0 Å². The normalized spacial score (nSPS) is 17.2. The number of methoxy groups -OCH3 is 1. The average molecular weight is 265 g/mol. The number of nitrogens with zero attached hydrogens (tertiary/aromatic N) is 3. The van der Waals surface area contributed by atoms with Gasteiger partial charge in [-0.1, -0.05) is 0 Å². The van der Waals surface area contributed by atoms with Gasteiger partial charge in [0.05, 0.1) is 7.11 Å². The van der Waals surface area contributed by atoms with Gasteiger partial charge in [-0.25, -0.2) is 9.97 Å². The molecule has 2 N–H and O–H groups in total. The van der Waals surface area contributed by atoms with Crippen LogP contribution in [0.3, 0.4) is 0 Å². The number of hydrogen-bond acceptors (Lipinski definition) is 6. The van der Waals surface area contributed by atoms with Gasteiger partial charge in [0.1, 0.15) is 6.33 Å². The Bertz CT molecular complexity index is 404. The Morgan fingerprint density at radius 1 is 1.32 bits per heavy atom. The monoisotopic (exact) mass is 265 g/mol. The van der Waals surface area contributed by atoms with Crippen molar-refractivity contribution in [2.45, 2.75) is 25.8 Å². The lowest BCUT2D eigenvalue weighted by molar-refractivity contribution is 0.263. The van der Waals surface area contributed by atoms with Crippen LogP contribution in [0.25, 0.3) is 0 Å². The number of piperidine rings is 1. The van der Waals surface area contributed by atoms with Crippen molar-refractivity contribution in [1.82, 2.24) is 14.9 Å². The minimum atomic E-state index is 0.453. The molecular weight excluding hydrogens is 242 g/mol. The Labute approximate surface area is 114 Å². The third-order valence-electron chi connectivity index (χ3n) is 3.41. The van der Waals surface area contributed by atoms with Crippen LogP contribution in [0.15, 0.2) is 6.33 Å². The summed E-state index contributed by atoms with van der Waals surface area (Å²) in [5.74, 6) is 2.22. The molecule has 0 saturated carbocycles. The predicted octanol–water partition coefficient (Wildman–Crippen LogP) is 1.42. The maximum absolute atomic E-state index is 5.43. The number of anilines is 2. The Morgan fingerprint density at radius 3 is 2.63 bits per heavy atom. The summed E-state index contributed by atoms with van der Waals surface area (Å²) in [6.45, 7) is 5.07. The second-order valence-electron chi connectivity index (χ2n) is 4.86. The zero-order valence-corrected chi connectivity index (χ0v) is 11.9. The van der Waals surface area contributed by atoms with Crippen molar-refractivity contribution < 1.29 is 4.74 Å². The fourth-order valence-electron chi connectivity index (χ4n) is 2.31. The molecule has 19 heavy (non-hydrogen) atoms. The Balaban J connectivity index is 2.08. The molecule has 0 aliphatic carbocycles. The van der Waals surface area contributed by atoms with Crippen LogP contribution in [0.1, 0.15) is 19.8 Å². The molecule has 106 valence electrons. The van der Waals surface area contributed by atoms with E-state index in [9.17, 15) is 0 Å². The molecule has 0 atom stereocenters. The van der Waals surface area contributed by atoms with Crippen LogP contribution in [0.4, 0.5) is 11.6 Å². The van der Waals surface area contributed by atoms with E-state index < -0.39 is 0 Å². The summed E-state index contributed by atoms with van der Waals surface area (Å²) in [6.07, 6.45) is 3.82. The molecule has 2 rings (SSSR count). The average Bonchev–Trinajstić information content (AvgIpc) is 2.42. The number of aromatic nitrogens is 2. The quantitative estimate of drug-likeness (QED) is 0.839. The molecule has 0 amide bonds. The predicted molar refractivity (Wildman–Crippen MR) is 76.9 cm³/mol. The van der Waals surface area contributed by atoms with Gasteiger partial charge in [0.2, 0.25) is 5.75 Å². The zero-order chi connectivity index (χ0) is 13.7. The fourth-order valence-corrected chi connectivity index (χ4v) is 2.31. The molecule has 0 spiro atoms. The molecule has 1 fully saturated rings. The third kappa shape index (κ3) is 3.47. The van der Waals surface area contributed by atoms with E-state index in [-0.39, 0.29) is 0 Å². The van der Waals surface area contributed by atoms with E-state index in [1.54, 1.807) is 13.4 Å². The van der Waals surface area contributed by atoms with E-state index in [4.69, 9.17) is 4.74 Å². The SMILES string of the molecule is CCNc1ncnc(NC2CCN(C)CC2)c1OC. The number of hydrogen-bond donors (Lipinski definition) is 2. The van der Waals surface area contributed by atoms with Gasteiger partial charge in [-0.05, 0) is 39.9 Å². The second kappa shape index (κ2) is 6.56. The summed E-state index contributed by atoms with van der Waals surface area (Å²) in [5.41, 5.74) is 0. The van der Waals surface area contributed by atoms with Crippen molar-refractivity contribution in [3.63, 3.8) is 0 Å². The van der Waals surface area contributed by atoms with Crippen molar-refractivity contribution in [2.24, 2.45) is 0 Å². The lowest BCUT2D eigenvalue weighted by Gasteiger charge is -2.30. The molecule has 1 aliphatic rings. The van der Waals surface area contributed by atoms with Crippen LogP contribution in [-0.2, 0) is 0 Å². The van der Waals surface area contributed by atoms with Gasteiger partial charge in [0.25, 0.3) is 0 Å². The molecule has 0 radical (unpaired) electrons. The second-order valence-corrected chi connectivity index (χ2v) is 4.86. The Morgan fingerprint density at radius 2 is 2.00 bits per heavy atom. The maximum atomic E-state index is 5.43. The van der Waals surface area contributed by atoms with Gasteiger partial charge in [-0.2, -0.15) is 0 Å². The molecule has 1 aromatic rings. The molecule has 2 heterocycles. The largest absolute Gasteiger partial charge is 0.490 e. The Kier molecular flexibility index (Phi) is 4.79. The highest BCUT2D eigenvalue weighted by atomic mass is 16.5. The summed E-state index contributed by atoms with van der Waals surface area (Å²) < 4.78 is 5.43. The van der Waals surface area contributed by atoms with Crippen LogP contribution in [0, 0.1) is 0 Å². The highest BCUT2D eigenvalue weighted by Gasteiger charge is 2.19. The zero-order valence-electron chi connectivity index (χ0n) is 11.9. The van der Waals surface area contributed by atoms with E-state index in [0.29, 0.717) is 11.8 Å². The highest BCUT2D eigenvalue weighted by Crippen LogP contribution is 2.30. The number of ether oxygens (including phenoxy) is 1. The molecule has 1 saturated heterocycles. The van der Waals surface area contributed by atoms with Crippen LogP contribution in [0.5, 0.6) is 5.75 Å². The first-order valence-electron chi connectivity index (χ1n) is 6.82. The van der Waals surface area contributed by atoms with Crippen molar-refractivity contribution in [2.75, 3.05) is 44.4 Å². The molecule has 0 unspecified atom stereocenters. The van der Waals surface area contributed by atoms with Gasteiger partial charge in [-0.3, -0.25) is 0 Å². The topological polar surface area (TPSA) is 62.3 Å². The smallest absolute Gasteiger partial charge is 0.204 e. The van der Waals surface area contributed by atoms with Crippen molar-refractivity contribution in [3.05, 3.63) is 6.33 Å². The van der Waals surface area contributed by atoms with Gasteiger partial charge in [-0.15, -0.1) is 0 Å². The number of nitrogens with one attached hydrogen (secondary N) is 2. The minimum absolute atomic E-state index is 0.453. The fraction of sp³-hybridized carbons (Fsp3) is 0.692. The van der Waals surface area contributed by atoms with Gasteiger partial charge in [0.15, 0.2) is 11.6 Å². The molecule has 0 bridgehead atoms. The number of likely N-dealkylation sites (tertiary alicyclic amines) is 1. The van der Waals surface area contributed by atoms with E-state index in [0.717, 1.165) is 44.1 Å².